The number of benzene rings is 3. The first-order valence-electron chi connectivity index (χ1n) is 15.2. The third kappa shape index (κ3) is 7.63. The van der Waals surface area contributed by atoms with Crippen molar-refractivity contribution in [3.05, 3.63) is 112 Å². The lowest BCUT2D eigenvalue weighted by Crippen LogP contribution is -2.34. The van der Waals surface area contributed by atoms with Gasteiger partial charge in [-0.05, 0) is 92.4 Å². The van der Waals surface area contributed by atoms with Crippen LogP contribution in [0, 0.1) is 0 Å². The zero-order chi connectivity index (χ0) is 32.0. The number of pyridine rings is 2. The van der Waals surface area contributed by atoms with Crippen molar-refractivity contribution in [3.63, 3.8) is 0 Å². The first kappa shape index (κ1) is 31.0. The number of nitrogens with zero attached hydrogens (tertiary/aromatic N) is 7. The summed E-state index contributed by atoms with van der Waals surface area (Å²) in [5.41, 5.74) is 4.67. The number of hydrogen-bond acceptors (Lipinski definition) is 9. The van der Waals surface area contributed by atoms with Crippen molar-refractivity contribution < 1.29 is 9.47 Å². The zero-order valence-corrected chi connectivity index (χ0v) is 26.6. The number of aromatic amines is 1. The van der Waals surface area contributed by atoms with E-state index in [0.29, 0.717) is 37.5 Å². The molecule has 1 unspecified atom stereocenters. The van der Waals surface area contributed by atoms with Gasteiger partial charge < -0.3 is 19.4 Å². The van der Waals surface area contributed by atoms with Crippen LogP contribution in [0.4, 0.5) is 0 Å². The van der Waals surface area contributed by atoms with E-state index in [1.54, 1.807) is 0 Å². The largest absolute Gasteiger partial charge is 0.487 e. The molecule has 11 heteroatoms. The van der Waals surface area contributed by atoms with Gasteiger partial charge in [-0.2, -0.15) is 4.80 Å². The van der Waals surface area contributed by atoms with Crippen LogP contribution in [0.3, 0.4) is 0 Å². The van der Waals surface area contributed by atoms with Crippen LogP contribution in [-0.4, -0.2) is 87.5 Å². The molecule has 11 nitrogen and oxygen atoms in total. The third-order valence-corrected chi connectivity index (χ3v) is 7.70. The minimum Gasteiger partial charge on any atom is -0.487 e. The van der Waals surface area contributed by atoms with Gasteiger partial charge in [0.2, 0.25) is 5.82 Å². The molecule has 0 aliphatic rings. The molecule has 3 aromatic carbocycles. The van der Waals surface area contributed by atoms with Gasteiger partial charge in [-0.25, -0.2) is 4.98 Å². The van der Waals surface area contributed by atoms with Gasteiger partial charge in [0, 0.05) is 23.9 Å². The lowest BCUT2D eigenvalue weighted by atomic mass is 10.1. The molecule has 0 amide bonds. The number of nitrogens with one attached hydrogen (secondary N) is 1. The van der Waals surface area contributed by atoms with E-state index >= 15 is 0 Å². The van der Waals surface area contributed by atoms with Crippen molar-refractivity contribution in [2.75, 3.05) is 41.3 Å². The molecule has 46 heavy (non-hydrogen) atoms. The van der Waals surface area contributed by atoms with Crippen LogP contribution in [0.5, 0.6) is 5.75 Å². The summed E-state index contributed by atoms with van der Waals surface area (Å²) in [5, 5.41) is 14.9. The fraction of sp³-hybridized carbons (Fsp3) is 0.286. The van der Waals surface area contributed by atoms with Crippen LogP contribution in [-0.2, 0) is 24.3 Å². The molecule has 3 aromatic heterocycles. The van der Waals surface area contributed by atoms with Gasteiger partial charge in [-0.3, -0.25) is 9.69 Å². The SMILES string of the molecule is CN(C)CCOC(Cc1ccc2[nH]c(=O)c(-c3nnn(Cc4cccc(OCc5ccc6ccccc6n5)c4)n3)cc2c1)N(C)C. The highest BCUT2D eigenvalue weighted by Crippen LogP contribution is 2.21. The molecule has 6 rings (SSSR count). The molecule has 0 aliphatic heterocycles. The van der Waals surface area contributed by atoms with Gasteiger partial charge in [0.05, 0.1) is 29.9 Å². The molecule has 0 fully saturated rings. The monoisotopic (exact) mass is 618 g/mol. The van der Waals surface area contributed by atoms with Crippen LogP contribution in [0.2, 0.25) is 0 Å². The smallest absolute Gasteiger partial charge is 0.259 e. The van der Waals surface area contributed by atoms with Crippen LogP contribution < -0.4 is 10.3 Å². The summed E-state index contributed by atoms with van der Waals surface area (Å²) in [5.74, 6) is 0.982. The fourth-order valence-electron chi connectivity index (χ4n) is 5.17. The lowest BCUT2D eigenvalue weighted by Gasteiger charge is -2.25. The molecule has 0 radical (unpaired) electrons. The molecule has 0 bridgehead atoms. The van der Waals surface area contributed by atoms with E-state index < -0.39 is 0 Å². The first-order chi connectivity index (χ1) is 22.3. The molecule has 0 spiro atoms. The number of likely N-dealkylation sites (N-methyl/N-ethyl adjacent to an activating group) is 2. The Morgan fingerprint density at radius 2 is 1.76 bits per heavy atom. The van der Waals surface area contributed by atoms with Gasteiger partial charge in [0.1, 0.15) is 18.6 Å². The van der Waals surface area contributed by atoms with Gasteiger partial charge in [0.15, 0.2) is 0 Å². The molecule has 1 atom stereocenters. The second-order valence-corrected chi connectivity index (χ2v) is 11.8. The Morgan fingerprint density at radius 1 is 0.891 bits per heavy atom. The van der Waals surface area contributed by atoms with E-state index in [1.807, 2.05) is 101 Å². The maximum absolute atomic E-state index is 13.0. The average molecular weight is 619 g/mol. The van der Waals surface area contributed by atoms with Crippen LogP contribution in [0.15, 0.2) is 89.7 Å². The van der Waals surface area contributed by atoms with Gasteiger partial charge in [-0.1, -0.05) is 42.5 Å². The maximum Gasteiger partial charge on any atom is 0.259 e. The highest BCUT2D eigenvalue weighted by atomic mass is 16.5. The molecular formula is C35H38N8O3. The van der Waals surface area contributed by atoms with Gasteiger partial charge >= 0.3 is 0 Å². The summed E-state index contributed by atoms with van der Waals surface area (Å²) in [7, 11) is 8.09. The van der Waals surface area contributed by atoms with Crippen LogP contribution in [0.25, 0.3) is 33.2 Å². The second-order valence-electron chi connectivity index (χ2n) is 11.8. The van der Waals surface area contributed by atoms with E-state index in [4.69, 9.17) is 9.47 Å². The first-order valence-corrected chi connectivity index (χ1v) is 15.2. The molecule has 236 valence electrons. The topological polar surface area (TPSA) is 114 Å². The summed E-state index contributed by atoms with van der Waals surface area (Å²) in [6.45, 7) is 2.21. The Morgan fingerprint density at radius 3 is 2.61 bits per heavy atom. The van der Waals surface area contributed by atoms with Crippen molar-refractivity contribution in [3.8, 4) is 17.1 Å². The highest BCUT2D eigenvalue weighted by molar-refractivity contribution is 5.83. The Bertz CT molecular complexity index is 2000. The number of hydrogen-bond donors (Lipinski definition) is 1. The number of rotatable bonds is 13. The summed E-state index contributed by atoms with van der Waals surface area (Å²) in [6, 6.07) is 27.6. The number of ether oxygens (including phenoxy) is 2. The Balaban J connectivity index is 1.14. The molecule has 1 N–H and O–H groups in total. The summed E-state index contributed by atoms with van der Waals surface area (Å²) in [6.07, 6.45) is 0.640. The van der Waals surface area contributed by atoms with Crippen molar-refractivity contribution in [2.45, 2.75) is 25.8 Å². The van der Waals surface area contributed by atoms with E-state index in [-0.39, 0.29) is 17.6 Å². The van der Waals surface area contributed by atoms with Crippen molar-refractivity contribution in [2.24, 2.45) is 0 Å². The normalized spacial score (nSPS) is 12.4. The summed E-state index contributed by atoms with van der Waals surface area (Å²) < 4.78 is 12.2. The molecule has 3 heterocycles. The zero-order valence-electron chi connectivity index (χ0n) is 26.6. The minimum atomic E-state index is -0.268. The second kappa shape index (κ2) is 14.0. The number of aromatic nitrogens is 6. The Kier molecular flexibility index (Phi) is 9.43. The number of tetrazole rings is 1. The third-order valence-electron chi connectivity index (χ3n) is 7.70. The Hall–Kier alpha value is -4.97. The number of H-pyrrole nitrogens is 1. The van der Waals surface area contributed by atoms with Crippen molar-refractivity contribution in [1.29, 1.82) is 0 Å². The fourth-order valence-corrected chi connectivity index (χ4v) is 5.17. The molecule has 0 saturated carbocycles. The van der Waals surface area contributed by atoms with Crippen LogP contribution in [0.1, 0.15) is 16.8 Å². The van der Waals surface area contributed by atoms with E-state index in [2.05, 4.69) is 47.3 Å². The van der Waals surface area contributed by atoms with Crippen LogP contribution >= 0.6 is 0 Å². The molecular weight excluding hydrogens is 580 g/mol. The van der Waals surface area contributed by atoms with Crippen molar-refractivity contribution >= 4 is 21.8 Å². The Labute approximate surface area is 267 Å². The standard InChI is InChI=1S/C35H38N8O3/c1-41(2)16-17-45-33(42(3)4)20-24-12-15-32-27(18-24)21-30(35(44)37-32)34-38-40-43(39-34)22-25-8-7-10-29(19-25)46-23-28-14-13-26-9-5-6-11-31(26)36-28/h5-15,18-19,21,33H,16-17,20,22-23H2,1-4H3,(H,37,44). The van der Waals surface area contributed by atoms with Crippen molar-refractivity contribution in [1.82, 2.24) is 40.0 Å². The minimum absolute atomic E-state index is 0.0690. The highest BCUT2D eigenvalue weighted by Gasteiger charge is 2.16. The predicted molar refractivity (Wildman–Crippen MR) is 179 cm³/mol. The molecule has 6 aromatic rings. The average Bonchev–Trinajstić information content (AvgIpc) is 3.51. The van der Waals surface area contributed by atoms with E-state index in [0.717, 1.165) is 45.2 Å². The van der Waals surface area contributed by atoms with E-state index in [9.17, 15) is 4.79 Å². The predicted octanol–water partition coefficient (Wildman–Crippen LogP) is 4.37. The quantitative estimate of drug-likeness (QED) is 0.189. The van der Waals surface area contributed by atoms with Gasteiger partial charge in [0.25, 0.3) is 5.56 Å². The van der Waals surface area contributed by atoms with Gasteiger partial charge in [-0.15, -0.1) is 10.2 Å². The lowest BCUT2D eigenvalue weighted by molar-refractivity contribution is -0.0391. The maximum atomic E-state index is 13.0. The molecule has 0 aliphatic carbocycles. The van der Waals surface area contributed by atoms with E-state index in [1.165, 1.54) is 4.80 Å². The number of para-hydroxylation sites is 1. The summed E-state index contributed by atoms with van der Waals surface area (Å²) in [4.78, 5) is 26.3. The summed E-state index contributed by atoms with van der Waals surface area (Å²) >= 11 is 0. The number of fused-ring (bicyclic) bond motifs is 2. The molecule has 0 saturated heterocycles.